The number of benzene rings is 1. The van der Waals surface area contributed by atoms with Crippen LogP contribution in [0.4, 0.5) is 0 Å². The Morgan fingerprint density at radius 2 is 1.62 bits per heavy atom. The minimum atomic E-state index is -0.238. The minimum absolute atomic E-state index is 0. The number of hydrogen-bond donors (Lipinski definition) is 1. The summed E-state index contributed by atoms with van der Waals surface area (Å²) < 4.78 is 0. The number of amides is 1. The fraction of sp³-hybridized carbons (Fsp3) is 0.650. The molecule has 1 aliphatic rings. The first-order chi connectivity index (χ1) is 11.3. The second kappa shape index (κ2) is 11.1. The molecular formula is C20H35Cl2N3O. The highest BCUT2D eigenvalue weighted by molar-refractivity contribution is 5.85. The molecule has 0 aliphatic carbocycles. The highest BCUT2D eigenvalue weighted by atomic mass is 35.5. The Hall–Kier alpha value is -0.810. The van der Waals surface area contributed by atoms with Crippen LogP contribution in [0.1, 0.15) is 45.7 Å². The van der Waals surface area contributed by atoms with Crippen LogP contribution in [-0.2, 0) is 4.79 Å². The number of piperazine rings is 1. The van der Waals surface area contributed by atoms with Crippen molar-refractivity contribution in [1.82, 2.24) is 9.80 Å². The minimum Gasteiger partial charge on any atom is -0.340 e. The normalized spacial score (nSPS) is 17.7. The first-order valence-corrected chi connectivity index (χ1v) is 9.09. The Kier molecular flexibility index (Phi) is 10.8. The Morgan fingerprint density at radius 1 is 1.08 bits per heavy atom. The van der Waals surface area contributed by atoms with E-state index in [0.29, 0.717) is 5.41 Å². The third-order valence-corrected chi connectivity index (χ3v) is 4.97. The number of carbonyl (C=O) groups is 1. The summed E-state index contributed by atoms with van der Waals surface area (Å²) >= 11 is 0. The van der Waals surface area contributed by atoms with Crippen LogP contribution in [0.2, 0.25) is 0 Å². The molecule has 0 saturated carbocycles. The van der Waals surface area contributed by atoms with Crippen LogP contribution >= 0.6 is 24.8 Å². The Labute approximate surface area is 171 Å². The molecule has 1 aliphatic heterocycles. The molecule has 26 heavy (non-hydrogen) atoms. The van der Waals surface area contributed by atoms with Gasteiger partial charge in [-0.25, -0.2) is 0 Å². The summed E-state index contributed by atoms with van der Waals surface area (Å²) in [5, 5.41) is 0. The number of rotatable bonds is 5. The van der Waals surface area contributed by atoms with Gasteiger partial charge in [0.2, 0.25) is 5.91 Å². The summed E-state index contributed by atoms with van der Waals surface area (Å²) in [7, 11) is 0. The third-order valence-electron chi connectivity index (χ3n) is 4.97. The molecule has 1 aromatic carbocycles. The lowest BCUT2D eigenvalue weighted by Gasteiger charge is -2.37. The van der Waals surface area contributed by atoms with Crippen molar-refractivity contribution in [2.75, 3.05) is 32.7 Å². The molecule has 1 heterocycles. The molecule has 6 heteroatoms. The van der Waals surface area contributed by atoms with Crippen molar-refractivity contribution in [3.05, 3.63) is 35.9 Å². The molecular weight excluding hydrogens is 369 g/mol. The maximum atomic E-state index is 12.8. The van der Waals surface area contributed by atoms with Gasteiger partial charge in [-0.1, -0.05) is 58.0 Å². The first-order valence-electron chi connectivity index (χ1n) is 9.09. The predicted octanol–water partition coefficient (Wildman–Crippen LogP) is 3.75. The molecule has 1 amide bonds. The van der Waals surface area contributed by atoms with Crippen LogP contribution in [0.3, 0.4) is 0 Å². The lowest BCUT2D eigenvalue weighted by Crippen LogP contribution is -2.51. The van der Waals surface area contributed by atoms with Crippen molar-refractivity contribution < 1.29 is 4.79 Å². The standard InChI is InChI=1S/C20H33N3O.2ClH/c1-16(18(21)17-8-6-5-7-9-17)19(24)23-14-12-22(13-15-23)11-10-20(2,3)4;;/h5-9,16,18H,10-15,21H2,1-4H3;2*1H. The molecule has 2 N–H and O–H groups in total. The predicted molar refractivity (Wildman–Crippen MR) is 114 cm³/mol. The molecule has 0 spiro atoms. The Balaban J connectivity index is 0.00000312. The molecule has 2 rings (SSSR count). The zero-order chi connectivity index (χ0) is 17.7. The van der Waals surface area contributed by atoms with Gasteiger partial charge < -0.3 is 10.6 Å². The van der Waals surface area contributed by atoms with E-state index in [2.05, 4.69) is 25.7 Å². The zero-order valence-corrected chi connectivity index (χ0v) is 18.1. The number of nitrogens with two attached hydrogens (primary N) is 1. The molecule has 2 unspecified atom stereocenters. The van der Waals surface area contributed by atoms with Gasteiger partial charge in [-0.2, -0.15) is 0 Å². The quantitative estimate of drug-likeness (QED) is 0.813. The van der Waals surface area contributed by atoms with Crippen molar-refractivity contribution >= 4 is 30.7 Å². The summed E-state index contributed by atoms with van der Waals surface area (Å²) in [5.41, 5.74) is 7.71. The van der Waals surface area contributed by atoms with E-state index in [4.69, 9.17) is 5.73 Å². The van der Waals surface area contributed by atoms with E-state index in [0.717, 1.165) is 38.3 Å². The Morgan fingerprint density at radius 3 is 2.12 bits per heavy atom. The highest BCUT2D eigenvalue weighted by Crippen LogP contribution is 2.22. The molecule has 0 bridgehead atoms. The topological polar surface area (TPSA) is 49.6 Å². The van der Waals surface area contributed by atoms with Crippen LogP contribution in [0.25, 0.3) is 0 Å². The summed E-state index contributed by atoms with van der Waals surface area (Å²) in [4.78, 5) is 17.2. The lowest BCUT2D eigenvalue weighted by atomic mass is 9.92. The van der Waals surface area contributed by atoms with Crippen LogP contribution in [-0.4, -0.2) is 48.4 Å². The van der Waals surface area contributed by atoms with Gasteiger partial charge in [-0.15, -0.1) is 24.8 Å². The third kappa shape index (κ3) is 7.43. The monoisotopic (exact) mass is 403 g/mol. The van der Waals surface area contributed by atoms with Crippen LogP contribution in [0, 0.1) is 11.3 Å². The van der Waals surface area contributed by atoms with Crippen molar-refractivity contribution in [3.63, 3.8) is 0 Å². The van der Waals surface area contributed by atoms with Crippen molar-refractivity contribution in [2.45, 2.75) is 40.2 Å². The summed E-state index contributed by atoms with van der Waals surface area (Å²) in [6.45, 7) is 13.5. The van der Waals surface area contributed by atoms with Gasteiger partial charge in [0.15, 0.2) is 0 Å². The van der Waals surface area contributed by atoms with Crippen molar-refractivity contribution in [3.8, 4) is 0 Å². The van der Waals surface area contributed by atoms with Gasteiger partial charge in [-0.05, 0) is 23.9 Å². The molecule has 150 valence electrons. The van der Waals surface area contributed by atoms with Crippen molar-refractivity contribution in [2.24, 2.45) is 17.1 Å². The fourth-order valence-electron chi connectivity index (χ4n) is 3.09. The summed E-state index contributed by atoms with van der Waals surface area (Å²) in [5.74, 6) is -0.00431. The van der Waals surface area contributed by atoms with E-state index in [1.807, 2.05) is 42.2 Å². The smallest absolute Gasteiger partial charge is 0.227 e. The van der Waals surface area contributed by atoms with E-state index < -0.39 is 0 Å². The average molecular weight is 404 g/mol. The molecule has 0 aromatic heterocycles. The van der Waals surface area contributed by atoms with Crippen LogP contribution < -0.4 is 5.73 Å². The van der Waals surface area contributed by atoms with E-state index >= 15 is 0 Å². The Bertz CT molecular complexity index is 526. The maximum Gasteiger partial charge on any atom is 0.227 e. The van der Waals surface area contributed by atoms with E-state index in [1.54, 1.807) is 0 Å². The van der Waals surface area contributed by atoms with Gasteiger partial charge in [0.1, 0.15) is 0 Å². The van der Waals surface area contributed by atoms with E-state index in [1.165, 1.54) is 6.42 Å². The average Bonchev–Trinajstić information content (AvgIpc) is 2.58. The van der Waals surface area contributed by atoms with Crippen LogP contribution in [0.15, 0.2) is 30.3 Å². The summed E-state index contributed by atoms with van der Waals surface area (Å²) in [6.07, 6.45) is 1.19. The largest absolute Gasteiger partial charge is 0.340 e. The van der Waals surface area contributed by atoms with Gasteiger partial charge >= 0.3 is 0 Å². The second-order valence-electron chi connectivity index (χ2n) is 8.20. The zero-order valence-electron chi connectivity index (χ0n) is 16.5. The molecule has 1 aromatic rings. The molecule has 1 saturated heterocycles. The number of halogens is 2. The van der Waals surface area contributed by atoms with E-state index in [-0.39, 0.29) is 42.7 Å². The molecule has 2 atom stereocenters. The van der Waals surface area contributed by atoms with Crippen LogP contribution in [0.5, 0.6) is 0 Å². The number of nitrogens with zero attached hydrogens (tertiary/aromatic N) is 2. The van der Waals surface area contributed by atoms with Gasteiger partial charge in [0.05, 0.1) is 5.92 Å². The van der Waals surface area contributed by atoms with E-state index in [9.17, 15) is 4.79 Å². The number of carbonyl (C=O) groups excluding carboxylic acids is 1. The second-order valence-corrected chi connectivity index (χ2v) is 8.20. The molecule has 4 nitrogen and oxygen atoms in total. The first kappa shape index (κ1) is 25.2. The highest BCUT2D eigenvalue weighted by Gasteiger charge is 2.29. The van der Waals surface area contributed by atoms with Crippen molar-refractivity contribution in [1.29, 1.82) is 0 Å². The molecule has 1 fully saturated rings. The SMILES string of the molecule is CC(C(=O)N1CCN(CCC(C)(C)C)CC1)C(N)c1ccccc1.Cl.Cl. The molecule has 0 radical (unpaired) electrons. The fourth-order valence-corrected chi connectivity index (χ4v) is 3.09. The van der Waals surface area contributed by atoms with Gasteiger partial charge in [-0.3, -0.25) is 9.69 Å². The maximum absolute atomic E-state index is 12.8. The summed E-state index contributed by atoms with van der Waals surface area (Å²) in [6, 6.07) is 9.68. The number of hydrogen-bond acceptors (Lipinski definition) is 3. The van der Waals surface area contributed by atoms with Gasteiger partial charge in [0.25, 0.3) is 0 Å². The van der Waals surface area contributed by atoms with Gasteiger partial charge in [0, 0.05) is 32.2 Å². The lowest BCUT2D eigenvalue weighted by molar-refractivity contribution is -0.137.